The fourth-order valence-corrected chi connectivity index (χ4v) is 12.3. The van der Waals surface area contributed by atoms with Crippen LogP contribution in [0, 0.1) is 11.8 Å². The molecule has 0 radical (unpaired) electrons. The summed E-state index contributed by atoms with van der Waals surface area (Å²) in [6.07, 6.45) is 48.7. The molecule has 534 valence electrons. The second-order valence-electron chi connectivity index (χ2n) is 26.3. The molecule has 0 bridgehead atoms. The highest BCUT2D eigenvalue weighted by atomic mass is 31.2. The van der Waals surface area contributed by atoms with Crippen LogP contribution in [-0.4, -0.2) is 96.7 Å². The van der Waals surface area contributed by atoms with E-state index >= 15 is 0 Å². The van der Waals surface area contributed by atoms with Crippen LogP contribution < -0.4 is 0 Å². The Labute approximate surface area is 549 Å². The van der Waals surface area contributed by atoms with Gasteiger partial charge in [0.05, 0.1) is 26.4 Å². The Balaban J connectivity index is 5.20. The quantitative estimate of drug-likeness (QED) is 0.0222. The van der Waals surface area contributed by atoms with E-state index in [2.05, 4.69) is 41.5 Å². The second-order valence-corrected chi connectivity index (χ2v) is 29.3. The summed E-state index contributed by atoms with van der Waals surface area (Å²) < 4.78 is 68.2. The summed E-state index contributed by atoms with van der Waals surface area (Å²) in [6, 6.07) is 0. The lowest BCUT2D eigenvalue weighted by molar-refractivity contribution is -0.161. The van der Waals surface area contributed by atoms with Crippen molar-refractivity contribution in [2.75, 3.05) is 39.6 Å². The van der Waals surface area contributed by atoms with Gasteiger partial charge in [0.15, 0.2) is 12.2 Å². The average molecular weight is 1330 g/mol. The summed E-state index contributed by atoms with van der Waals surface area (Å²) in [7, 11) is -9.90. The van der Waals surface area contributed by atoms with Gasteiger partial charge in [-0.05, 0) is 37.5 Å². The van der Waals surface area contributed by atoms with Crippen LogP contribution in [0.5, 0.6) is 0 Å². The summed E-state index contributed by atoms with van der Waals surface area (Å²) in [6.45, 7) is 9.48. The zero-order valence-corrected chi connectivity index (χ0v) is 60.2. The molecule has 0 saturated carbocycles. The molecule has 0 aliphatic heterocycles. The van der Waals surface area contributed by atoms with Gasteiger partial charge in [0.1, 0.15) is 19.3 Å². The lowest BCUT2D eigenvalue weighted by Gasteiger charge is -2.21. The fourth-order valence-electron chi connectivity index (χ4n) is 10.7. The van der Waals surface area contributed by atoms with E-state index in [1.165, 1.54) is 180 Å². The highest BCUT2D eigenvalue weighted by molar-refractivity contribution is 7.47. The molecule has 0 amide bonds. The van der Waals surface area contributed by atoms with Crippen molar-refractivity contribution < 1.29 is 80.2 Å². The standard InChI is InChI=1S/C71H138O17P2/c1-7-10-12-14-16-18-19-20-21-22-23-24-25-26-27-29-37-43-49-55-70(75)87-66(59-82-69(74)54-48-42-36-31-30-34-40-46-52-64(6)9-3)61-85-89(77,78)83-57-65(72)58-84-90(79,80)86-62-67(60-81-68(73)53-47-41-35-28-17-15-13-11-8-2)88-71(76)56-50-44-38-32-33-39-45-51-63(4)5/h63-67,72H,7-62H2,1-6H3,(H,77,78)(H,79,80)/t64?,65-,66-,67-/m1/s1. The molecule has 0 rings (SSSR count). The number of hydrogen-bond donors (Lipinski definition) is 3. The lowest BCUT2D eigenvalue weighted by atomic mass is 9.99. The Kier molecular flexibility index (Phi) is 61.8. The summed E-state index contributed by atoms with van der Waals surface area (Å²) in [5.74, 6) is -0.654. The van der Waals surface area contributed by atoms with Gasteiger partial charge >= 0.3 is 39.5 Å². The zero-order valence-electron chi connectivity index (χ0n) is 58.4. The van der Waals surface area contributed by atoms with Crippen molar-refractivity contribution in [1.29, 1.82) is 0 Å². The Morgan fingerprint density at radius 2 is 0.567 bits per heavy atom. The number of aliphatic hydroxyl groups excluding tert-OH is 1. The number of hydrogen-bond acceptors (Lipinski definition) is 15. The molecule has 0 aliphatic rings. The minimum absolute atomic E-state index is 0.103. The summed E-state index contributed by atoms with van der Waals surface area (Å²) in [5, 5.41) is 10.6. The van der Waals surface area contributed by atoms with Crippen molar-refractivity contribution in [1.82, 2.24) is 0 Å². The first-order chi connectivity index (χ1) is 43.4. The molecule has 0 aromatic heterocycles. The zero-order chi connectivity index (χ0) is 66.5. The van der Waals surface area contributed by atoms with E-state index in [-0.39, 0.29) is 25.7 Å². The molecule has 0 aliphatic carbocycles. The minimum Gasteiger partial charge on any atom is -0.462 e. The lowest BCUT2D eigenvalue weighted by Crippen LogP contribution is -2.30. The van der Waals surface area contributed by atoms with Gasteiger partial charge in [-0.3, -0.25) is 37.3 Å². The van der Waals surface area contributed by atoms with Crippen LogP contribution in [-0.2, 0) is 65.4 Å². The first kappa shape index (κ1) is 88.1. The molecule has 0 aromatic carbocycles. The molecule has 6 atom stereocenters. The molecule has 0 aromatic rings. The molecular weight excluding hydrogens is 1190 g/mol. The van der Waals surface area contributed by atoms with E-state index < -0.39 is 97.5 Å². The summed E-state index contributed by atoms with van der Waals surface area (Å²) in [5.41, 5.74) is 0. The van der Waals surface area contributed by atoms with Crippen LogP contribution in [0.2, 0.25) is 0 Å². The van der Waals surface area contributed by atoms with Crippen LogP contribution >= 0.6 is 15.6 Å². The highest BCUT2D eigenvalue weighted by Gasteiger charge is 2.30. The summed E-state index contributed by atoms with van der Waals surface area (Å²) in [4.78, 5) is 72.5. The van der Waals surface area contributed by atoms with Gasteiger partial charge in [-0.15, -0.1) is 0 Å². The number of esters is 4. The van der Waals surface area contributed by atoms with Gasteiger partial charge < -0.3 is 33.8 Å². The molecule has 0 fully saturated rings. The van der Waals surface area contributed by atoms with Gasteiger partial charge in [0.25, 0.3) is 0 Å². The number of carbonyl (C=O) groups is 4. The van der Waals surface area contributed by atoms with E-state index in [4.69, 9.17) is 37.0 Å². The smallest absolute Gasteiger partial charge is 0.462 e. The third-order valence-corrected chi connectivity index (χ3v) is 18.7. The molecule has 0 heterocycles. The normalized spacial score (nSPS) is 14.4. The van der Waals surface area contributed by atoms with E-state index in [9.17, 15) is 43.2 Å². The maximum absolute atomic E-state index is 13.0. The van der Waals surface area contributed by atoms with Crippen molar-refractivity contribution in [3.8, 4) is 0 Å². The predicted molar refractivity (Wildman–Crippen MR) is 363 cm³/mol. The van der Waals surface area contributed by atoms with E-state index in [1.807, 2.05) is 0 Å². The van der Waals surface area contributed by atoms with E-state index in [0.717, 1.165) is 95.8 Å². The topological polar surface area (TPSA) is 237 Å². The first-order valence-corrected chi connectivity index (χ1v) is 40.0. The Morgan fingerprint density at radius 3 is 0.844 bits per heavy atom. The third-order valence-electron chi connectivity index (χ3n) is 16.8. The number of rotatable bonds is 70. The molecule has 17 nitrogen and oxygen atoms in total. The average Bonchev–Trinajstić information content (AvgIpc) is 3.70. The Morgan fingerprint density at radius 1 is 0.322 bits per heavy atom. The molecule has 0 spiro atoms. The maximum atomic E-state index is 13.0. The molecule has 90 heavy (non-hydrogen) atoms. The number of phosphoric acid groups is 2. The Bertz CT molecular complexity index is 1750. The Hall–Kier alpha value is -1.94. The van der Waals surface area contributed by atoms with Gasteiger partial charge in [0, 0.05) is 25.7 Å². The maximum Gasteiger partial charge on any atom is 0.472 e. The van der Waals surface area contributed by atoms with Gasteiger partial charge in [-0.1, -0.05) is 311 Å². The van der Waals surface area contributed by atoms with Crippen molar-refractivity contribution in [2.45, 2.75) is 381 Å². The molecule has 3 N–H and O–H groups in total. The number of phosphoric ester groups is 2. The van der Waals surface area contributed by atoms with Crippen LogP contribution in [0.1, 0.15) is 363 Å². The molecule has 3 unspecified atom stereocenters. The number of unbranched alkanes of at least 4 members (excludes halogenated alkanes) is 39. The number of ether oxygens (including phenoxy) is 4. The molecule has 0 saturated heterocycles. The molecule has 19 heteroatoms. The SMILES string of the molecule is CCCCCCCCCCCCCCCCCCCCCC(=O)O[C@H](COC(=O)CCCCCCCCCCC(C)CC)COP(=O)(O)OC[C@@H](O)COP(=O)(O)OC[C@@H](COC(=O)CCCCCCCCCCC)OC(=O)CCCCCCCCCC(C)C. The van der Waals surface area contributed by atoms with Crippen molar-refractivity contribution in [3.05, 3.63) is 0 Å². The third kappa shape index (κ3) is 63.5. The van der Waals surface area contributed by atoms with E-state index in [1.54, 1.807) is 0 Å². The number of aliphatic hydroxyl groups is 1. The first-order valence-electron chi connectivity index (χ1n) is 37.0. The van der Waals surface area contributed by atoms with Gasteiger partial charge in [0.2, 0.25) is 0 Å². The highest BCUT2D eigenvalue weighted by Crippen LogP contribution is 2.45. The van der Waals surface area contributed by atoms with Crippen LogP contribution in [0.25, 0.3) is 0 Å². The second kappa shape index (κ2) is 63.1. The monoisotopic (exact) mass is 1320 g/mol. The number of carbonyl (C=O) groups excluding carboxylic acids is 4. The predicted octanol–water partition coefficient (Wildman–Crippen LogP) is 20.4. The van der Waals surface area contributed by atoms with Crippen LogP contribution in [0.15, 0.2) is 0 Å². The largest absolute Gasteiger partial charge is 0.472 e. The molecular formula is C71H138O17P2. The van der Waals surface area contributed by atoms with Crippen molar-refractivity contribution >= 4 is 39.5 Å². The van der Waals surface area contributed by atoms with Crippen LogP contribution in [0.3, 0.4) is 0 Å². The van der Waals surface area contributed by atoms with Gasteiger partial charge in [-0.25, -0.2) is 9.13 Å². The minimum atomic E-state index is -4.95. The van der Waals surface area contributed by atoms with E-state index in [0.29, 0.717) is 31.6 Å². The van der Waals surface area contributed by atoms with Crippen LogP contribution in [0.4, 0.5) is 0 Å². The fraction of sp³-hybridized carbons (Fsp3) is 0.944. The van der Waals surface area contributed by atoms with Crippen molar-refractivity contribution in [3.63, 3.8) is 0 Å². The van der Waals surface area contributed by atoms with Gasteiger partial charge in [-0.2, -0.15) is 0 Å². The summed E-state index contributed by atoms with van der Waals surface area (Å²) >= 11 is 0. The van der Waals surface area contributed by atoms with Crippen molar-refractivity contribution in [2.24, 2.45) is 11.8 Å².